The molecule has 0 unspecified atom stereocenters. The van der Waals surface area contributed by atoms with Crippen LogP contribution in [0, 0.1) is 6.92 Å². The van der Waals surface area contributed by atoms with Gasteiger partial charge in [0.05, 0.1) is 0 Å². The van der Waals surface area contributed by atoms with Crippen molar-refractivity contribution in [2.45, 2.75) is 52.2 Å². The van der Waals surface area contributed by atoms with Crippen LogP contribution in [-0.4, -0.2) is 23.6 Å². The molecule has 0 bridgehead atoms. The summed E-state index contributed by atoms with van der Waals surface area (Å²) in [5, 5.41) is 3.44. The average molecular weight is 259 g/mol. The third-order valence-corrected chi connectivity index (χ3v) is 3.49. The Hall–Kier alpha value is -1.35. The van der Waals surface area contributed by atoms with E-state index in [-0.39, 0.29) is 0 Å². The van der Waals surface area contributed by atoms with E-state index in [0.717, 1.165) is 24.6 Å². The lowest BCUT2D eigenvalue weighted by Gasteiger charge is -2.23. The van der Waals surface area contributed by atoms with Crippen LogP contribution in [0.15, 0.2) is 24.8 Å². The van der Waals surface area contributed by atoms with Crippen molar-refractivity contribution in [2.75, 3.05) is 11.4 Å². The number of aromatic nitrogens is 1. The number of rotatable bonds is 7. The van der Waals surface area contributed by atoms with E-state index in [0.29, 0.717) is 12.1 Å². The summed E-state index contributed by atoms with van der Waals surface area (Å²) in [5.41, 5.74) is 2.41. The van der Waals surface area contributed by atoms with Crippen molar-refractivity contribution < 1.29 is 0 Å². The Morgan fingerprint density at radius 2 is 2.21 bits per heavy atom. The first kappa shape index (κ1) is 14.1. The Morgan fingerprint density at radius 3 is 2.74 bits per heavy atom. The fourth-order valence-corrected chi connectivity index (χ4v) is 2.19. The molecule has 1 fully saturated rings. The molecule has 0 amide bonds. The van der Waals surface area contributed by atoms with E-state index in [2.05, 4.69) is 49.7 Å². The summed E-state index contributed by atoms with van der Waals surface area (Å²) in [7, 11) is 0. The summed E-state index contributed by atoms with van der Waals surface area (Å²) in [4.78, 5) is 7.13. The Labute approximate surface area is 116 Å². The van der Waals surface area contributed by atoms with Gasteiger partial charge in [0.1, 0.15) is 5.82 Å². The first-order valence-electron chi connectivity index (χ1n) is 7.19. The molecular weight excluding hydrogens is 234 g/mol. The lowest BCUT2D eigenvalue weighted by molar-refractivity contribution is 0.586. The van der Waals surface area contributed by atoms with Gasteiger partial charge in [-0.15, -0.1) is 6.58 Å². The molecule has 2 rings (SSSR count). The molecule has 0 saturated heterocycles. The molecule has 1 heterocycles. The SMILES string of the molecule is C=CCN(c1ccc(CNC(C)C)c(C)n1)C1CC1. The molecular formula is C16H25N3. The molecule has 19 heavy (non-hydrogen) atoms. The highest BCUT2D eigenvalue weighted by atomic mass is 15.2. The summed E-state index contributed by atoms with van der Waals surface area (Å²) >= 11 is 0. The van der Waals surface area contributed by atoms with Gasteiger partial charge in [-0.1, -0.05) is 26.0 Å². The number of nitrogens with zero attached hydrogens (tertiary/aromatic N) is 2. The predicted octanol–water partition coefficient (Wildman–Crippen LogP) is 3.04. The maximum Gasteiger partial charge on any atom is 0.129 e. The lowest BCUT2D eigenvalue weighted by Crippen LogP contribution is -2.27. The van der Waals surface area contributed by atoms with E-state index in [1.54, 1.807) is 0 Å². The van der Waals surface area contributed by atoms with Gasteiger partial charge < -0.3 is 10.2 Å². The minimum absolute atomic E-state index is 0.503. The van der Waals surface area contributed by atoms with Crippen molar-refractivity contribution in [2.24, 2.45) is 0 Å². The first-order valence-corrected chi connectivity index (χ1v) is 7.19. The molecule has 0 aliphatic heterocycles. The maximum atomic E-state index is 4.77. The summed E-state index contributed by atoms with van der Waals surface area (Å²) in [6, 6.07) is 5.52. The van der Waals surface area contributed by atoms with Gasteiger partial charge in [-0.3, -0.25) is 0 Å². The standard InChI is InChI=1S/C16H25N3/c1-5-10-19(15-7-8-15)16-9-6-14(13(4)18-16)11-17-12(2)3/h5-6,9,12,15,17H,1,7-8,10-11H2,2-4H3. The van der Waals surface area contributed by atoms with E-state index in [4.69, 9.17) is 4.98 Å². The Balaban J connectivity index is 2.10. The van der Waals surface area contributed by atoms with Gasteiger partial charge >= 0.3 is 0 Å². The summed E-state index contributed by atoms with van der Waals surface area (Å²) in [6.45, 7) is 12.0. The van der Waals surface area contributed by atoms with E-state index in [1.807, 2.05) is 6.08 Å². The van der Waals surface area contributed by atoms with Gasteiger partial charge in [-0.05, 0) is 31.4 Å². The molecule has 1 saturated carbocycles. The van der Waals surface area contributed by atoms with Crippen molar-refractivity contribution in [3.8, 4) is 0 Å². The molecule has 3 heteroatoms. The highest BCUT2D eigenvalue weighted by Crippen LogP contribution is 2.30. The van der Waals surface area contributed by atoms with Gasteiger partial charge in [0.2, 0.25) is 0 Å². The van der Waals surface area contributed by atoms with Crippen LogP contribution in [0.4, 0.5) is 5.82 Å². The zero-order chi connectivity index (χ0) is 13.8. The topological polar surface area (TPSA) is 28.2 Å². The Bertz CT molecular complexity index is 436. The molecule has 1 N–H and O–H groups in total. The second kappa shape index (κ2) is 6.20. The molecule has 1 aliphatic rings. The molecule has 1 aromatic heterocycles. The van der Waals surface area contributed by atoms with Crippen LogP contribution in [0.1, 0.15) is 37.9 Å². The van der Waals surface area contributed by atoms with Gasteiger partial charge in [0, 0.05) is 30.9 Å². The summed E-state index contributed by atoms with van der Waals surface area (Å²) < 4.78 is 0. The molecule has 3 nitrogen and oxygen atoms in total. The number of anilines is 1. The largest absolute Gasteiger partial charge is 0.350 e. The predicted molar refractivity (Wildman–Crippen MR) is 81.5 cm³/mol. The van der Waals surface area contributed by atoms with E-state index < -0.39 is 0 Å². The van der Waals surface area contributed by atoms with Gasteiger partial charge in [0.25, 0.3) is 0 Å². The monoisotopic (exact) mass is 259 g/mol. The third kappa shape index (κ3) is 3.80. The highest BCUT2D eigenvalue weighted by Gasteiger charge is 2.29. The normalized spacial score (nSPS) is 14.7. The minimum Gasteiger partial charge on any atom is -0.350 e. The molecule has 0 spiro atoms. The minimum atomic E-state index is 0.503. The second-order valence-corrected chi connectivity index (χ2v) is 5.62. The number of aryl methyl sites for hydroxylation is 1. The Kier molecular flexibility index (Phi) is 4.59. The average Bonchev–Trinajstić information content (AvgIpc) is 3.18. The van der Waals surface area contributed by atoms with Crippen molar-refractivity contribution in [1.82, 2.24) is 10.3 Å². The van der Waals surface area contributed by atoms with Crippen LogP contribution in [0.2, 0.25) is 0 Å². The third-order valence-electron chi connectivity index (χ3n) is 3.49. The van der Waals surface area contributed by atoms with Crippen LogP contribution < -0.4 is 10.2 Å². The zero-order valence-electron chi connectivity index (χ0n) is 12.3. The number of nitrogens with one attached hydrogen (secondary N) is 1. The van der Waals surface area contributed by atoms with Crippen LogP contribution >= 0.6 is 0 Å². The maximum absolute atomic E-state index is 4.77. The van der Waals surface area contributed by atoms with Crippen LogP contribution in [-0.2, 0) is 6.54 Å². The van der Waals surface area contributed by atoms with Gasteiger partial charge in [-0.2, -0.15) is 0 Å². The summed E-state index contributed by atoms with van der Waals surface area (Å²) in [5.74, 6) is 1.09. The zero-order valence-corrected chi connectivity index (χ0v) is 12.3. The second-order valence-electron chi connectivity index (χ2n) is 5.62. The quantitative estimate of drug-likeness (QED) is 0.763. The van der Waals surface area contributed by atoms with Crippen LogP contribution in [0.3, 0.4) is 0 Å². The Morgan fingerprint density at radius 1 is 1.47 bits per heavy atom. The van der Waals surface area contributed by atoms with Gasteiger partial charge in [0.15, 0.2) is 0 Å². The molecule has 1 aromatic rings. The van der Waals surface area contributed by atoms with Crippen LogP contribution in [0.25, 0.3) is 0 Å². The van der Waals surface area contributed by atoms with Crippen molar-refractivity contribution in [1.29, 1.82) is 0 Å². The fraction of sp³-hybridized carbons (Fsp3) is 0.562. The van der Waals surface area contributed by atoms with Crippen LogP contribution in [0.5, 0.6) is 0 Å². The fourth-order valence-electron chi connectivity index (χ4n) is 2.19. The van der Waals surface area contributed by atoms with E-state index in [9.17, 15) is 0 Å². The molecule has 0 radical (unpaired) electrons. The first-order chi connectivity index (χ1) is 9.11. The van der Waals surface area contributed by atoms with E-state index >= 15 is 0 Å². The smallest absolute Gasteiger partial charge is 0.129 e. The molecule has 0 atom stereocenters. The van der Waals surface area contributed by atoms with Crippen molar-refractivity contribution in [3.05, 3.63) is 36.0 Å². The van der Waals surface area contributed by atoms with Crippen molar-refractivity contribution in [3.63, 3.8) is 0 Å². The lowest BCUT2D eigenvalue weighted by atomic mass is 10.2. The number of pyridine rings is 1. The van der Waals surface area contributed by atoms with Gasteiger partial charge in [-0.25, -0.2) is 4.98 Å². The molecule has 1 aliphatic carbocycles. The molecule has 104 valence electrons. The highest BCUT2D eigenvalue weighted by molar-refractivity contribution is 5.44. The van der Waals surface area contributed by atoms with E-state index in [1.165, 1.54) is 18.4 Å². The number of hydrogen-bond donors (Lipinski definition) is 1. The summed E-state index contributed by atoms with van der Waals surface area (Å²) in [6.07, 6.45) is 4.53. The number of hydrogen-bond acceptors (Lipinski definition) is 3. The molecule has 0 aromatic carbocycles. The van der Waals surface area contributed by atoms with Crippen molar-refractivity contribution >= 4 is 5.82 Å².